The monoisotopic (exact) mass is 220 g/mol. The molecule has 0 saturated heterocycles. The van der Waals surface area contributed by atoms with Crippen LogP contribution < -0.4 is 5.73 Å². The summed E-state index contributed by atoms with van der Waals surface area (Å²) >= 11 is 0. The fourth-order valence-electron chi connectivity index (χ4n) is 0.518. The van der Waals surface area contributed by atoms with E-state index < -0.39 is 0 Å². The van der Waals surface area contributed by atoms with Gasteiger partial charge in [0.05, 0.1) is 0 Å². The van der Waals surface area contributed by atoms with Crippen molar-refractivity contribution in [3.05, 3.63) is 36.8 Å². The van der Waals surface area contributed by atoms with Crippen LogP contribution in [0.1, 0.15) is 5.56 Å². The fourth-order valence-corrected chi connectivity index (χ4v) is 0.518. The molecule has 2 heteroatoms. The van der Waals surface area contributed by atoms with E-state index in [-0.39, 0.29) is 27.3 Å². The molecule has 0 heterocycles. The molecule has 0 amide bonds. The maximum Gasteiger partial charge on any atom is 0.0314 e. The van der Waals surface area contributed by atoms with Crippen molar-refractivity contribution >= 4 is 5.69 Å². The number of hydrogen-bond acceptors (Lipinski definition) is 1. The summed E-state index contributed by atoms with van der Waals surface area (Å²) in [6.45, 7) is 3.71. The molecule has 0 bridgehead atoms. The minimum Gasteiger partial charge on any atom is -0.399 e. The zero-order valence-corrected chi connectivity index (χ0v) is 9.34. The zero-order valence-electron chi connectivity index (χ0n) is 5.30. The van der Waals surface area contributed by atoms with E-state index in [9.17, 15) is 0 Å². The second-order valence-corrected chi connectivity index (χ2v) is 1.74. The Morgan fingerprint density at radius 3 is 1.89 bits per heavy atom. The van der Waals surface area contributed by atoms with Crippen molar-refractivity contribution in [3.63, 3.8) is 0 Å². The SMILES string of the molecule is [CH2]c1ccc(N)cc1.[Cd]. The Morgan fingerprint density at radius 1 is 1.11 bits per heavy atom. The third-order valence-electron chi connectivity index (χ3n) is 0.980. The van der Waals surface area contributed by atoms with Crippen LogP contribution in [0.15, 0.2) is 24.3 Å². The smallest absolute Gasteiger partial charge is 0.0314 e. The summed E-state index contributed by atoms with van der Waals surface area (Å²) in [4.78, 5) is 0. The van der Waals surface area contributed by atoms with Crippen LogP contribution in [0.4, 0.5) is 5.69 Å². The van der Waals surface area contributed by atoms with E-state index in [1.165, 1.54) is 0 Å². The summed E-state index contributed by atoms with van der Waals surface area (Å²) in [5.41, 5.74) is 7.19. The molecule has 1 rings (SSSR count). The van der Waals surface area contributed by atoms with Crippen LogP contribution in [0, 0.1) is 6.92 Å². The predicted octanol–water partition coefficient (Wildman–Crippen LogP) is 1.45. The van der Waals surface area contributed by atoms with Gasteiger partial charge in [0.25, 0.3) is 0 Å². The van der Waals surface area contributed by atoms with Gasteiger partial charge in [-0.3, -0.25) is 0 Å². The van der Waals surface area contributed by atoms with E-state index in [1.54, 1.807) is 0 Å². The molecule has 43 valence electrons. The Bertz CT molecular complexity index is 148. The van der Waals surface area contributed by atoms with Crippen LogP contribution in [0.2, 0.25) is 0 Å². The molecule has 1 radical (unpaired) electrons. The van der Waals surface area contributed by atoms with Crippen molar-refractivity contribution in [2.75, 3.05) is 5.73 Å². The number of nitrogens with two attached hydrogens (primary N) is 1. The first-order valence-electron chi connectivity index (χ1n) is 2.46. The van der Waals surface area contributed by atoms with Gasteiger partial charge >= 0.3 is 0 Å². The van der Waals surface area contributed by atoms with E-state index in [0.29, 0.717) is 0 Å². The molecule has 2 N–H and O–H groups in total. The molecule has 0 spiro atoms. The Hall–Kier alpha value is -0.0579. The summed E-state index contributed by atoms with van der Waals surface area (Å²) in [5, 5.41) is 0. The van der Waals surface area contributed by atoms with Gasteiger partial charge in [-0.1, -0.05) is 12.1 Å². The van der Waals surface area contributed by atoms with Gasteiger partial charge in [0.1, 0.15) is 0 Å². The molecule has 0 unspecified atom stereocenters. The summed E-state index contributed by atoms with van der Waals surface area (Å²) in [6.07, 6.45) is 0. The summed E-state index contributed by atoms with van der Waals surface area (Å²) in [5.74, 6) is 0. The van der Waals surface area contributed by atoms with Gasteiger partial charge in [-0.15, -0.1) is 0 Å². The van der Waals surface area contributed by atoms with Crippen LogP contribution in [0.25, 0.3) is 0 Å². The Morgan fingerprint density at radius 2 is 1.56 bits per heavy atom. The van der Waals surface area contributed by atoms with Crippen LogP contribution in [-0.4, -0.2) is 0 Å². The topological polar surface area (TPSA) is 26.0 Å². The molecule has 1 nitrogen and oxygen atoms in total. The molecule has 0 saturated carbocycles. The van der Waals surface area contributed by atoms with E-state index >= 15 is 0 Å². The summed E-state index contributed by atoms with van der Waals surface area (Å²) in [7, 11) is 0. The Kier molecular flexibility index (Phi) is 3.85. The molecule has 0 aliphatic carbocycles. The number of nitrogen functional groups attached to an aromatic ring is 1. The van der Waals surface area contributed by atoms with Crippen LogP contribution in [0.3, 0.4) is 0 Å². The maximum atomic E-state index is 5.40. The first-order valence-corrected chi connectivity index (χ1v) is 2.46. The second-order valence-electron chi connectivity index (χ2n) is 1.74. The Labute approximate surface area is 75.4 Å². The quantitative estimate of drug-likeness (QED) is 0.518. The maximum absolute atomic E-state index is 5.40. The normalized spacial score (nSPS) is 8.11. The summed E-state index contributed by atoms with van der Waals surface area (Å²) in [6, 6.07) is 7.44. The van der Waals surface area contributed by atoms with E-state index in [1.807, 2.05) is 24.3 Å². The molecule has 0 aliphatic rings. The van der Waals surface area contributed by atoms with Crippen molar-refractivity contribution in [1.82, 2.24) is 0 Å². The van der Waals surface area contributed by atoms with Crippen LogP contribution >= 0.6 is 0 Å². The first-order chi connectivity index (χ1) is 3.79. The van der Waals surface area contributed by atoms with Gasteiger partial charge in [0.15, 0.2) is 0 Å². The third-order valence-corrected chi connectivity index (χ3v) is 0.980. The Balaban J connectivity index is 0.000000640. The molecular weight excluding hydrogens is 210 g/mol. The van der Waals surface area contributed by atoms with Gasteiger partial charge < -0.3 is 5.73 Å². The van der Waals surface area contributed by atoms with Crippen molar-refractivity contribution in [1.29, 1.82) is 0 Å². The fraction of sp³-hybridized carbons (Fsp3) is 0. The van der Waals surface area contributed by atoms with Gasteiger partial charge in [0, 0.05) is 33.0 Å². The van der Waals surface area contributed by atoms with E-state index in [2.05, 4.69) is 6.92 Å². The molecular formula is C7H8CdN. The largest absolute Gasteiger partial charge is 0.399 e. The van der Waals surface area contributed by atoms with Gasteiger partial charge in [0.2, 0.25) is 0 Å². The standard InChI is InChI=1S/C7H8N.Cd/c1-6-2-4-7(8)5-3-6;/h2-5H,1,8H2;. The van der Waals surface area contributed by atoms with Crippen LogP contribution in [-0.2, 0) is 27.3 Å². The van der Waals surface area contributed by atoms with Gasteiger partial charge in [-0.05, 0) is 24.6 Å². The molecule has 0 fully saturated rings. The zero-order chi connectivity index (χ0) is 5.98. The second kappa shape index (κ2) is 3.87. The van der Waals surface area contributed by atoms with E-state index in [0.717, 1.165) is 11.3 Å². The average Bonchev–Trinajstić information content (AvgIpc) is 1.77. The minimum atomic E-state index is 0. The number of anilines is 1. The number of rotatable bonds is 0. The van der Waals surface area contributed by atoms with Gasteiger partial charge in [-0.2, -0.15) is 0 Å². The van der Waals surface area contributed by atoms with E-state index in [4.69, 9.17) is 5.73 Å². The third kappa shape index (κ3) is 2.84. The average molecular weight is 219 g/mol. The minimum absolute atomic E-state index is 0. The molecule has 0 aliphatic heterocycles. The van der Waals surface area contributed by atoms with Crippen molar-refractivity contribution < 1.29 is 27.3 Å². The first kappa shape index (κ1) is 8.94. The molecule has 1 aromatic rings. The molecule has 0 aromatic heterocycles. The van der Waals surface area contributed by atoms with Gasteiger partial charge in [-0.25, -0.2) is 0 Å². The molecule has 9 heavy (non-hydrogen) atoms. The molecule has 0 atom stereocenters. The van der Waals surface area contributed by atoms with Crippen molar-refractivity contribution in [2.24, 2.45) is 0 Å². The number of benzene rings is 1. The van der Waals surface area contributed by atoms with Crippen LogP contribution in [0.5, 0.6) is 0 Å². The molecule has 1 aromatic carbocycles. The van der Waals surface area contributed by atoms with Crippen molar-refractivity contribution in [2.45, 2.75) is 0 Å². The predicted molar refractivity (Wildman–Crippen MR) is 35.3 cm³/mol. The summed E-state index contributed by atoms with van der Waals surface area (Å²) < 4.78 is 0. The van der Waals surface area contributed by atoms with Crippen molar-refractivity contribution in [3.8, 4) is 0 Å². The number of hydrogen-bond donors (Lipinski definition) is 1.